The van der Waals surface area contributed by atoms with Crippen molar-refractivity contribution in [2.45, 2.75) is 6.92 Å². The van der Waals surface area contributed by atoms with Gasteiger partial charge < -0.3 is 10.1 Å². The number of rotatable bonds is 2. The van der Waals surface area contributed by atoms with E-state index in [4.69, 9.17) is 28.3 Å². The summed E-state index contributed by atoms with van der Waals surface area (Å²) in [5.74, 6) is -0.685. The minimum atomic E-state index is -1.08. The van der Waals surface area contributed by atoms with Gasteiger partial charge in [-0.2, -0.15) is 0 Å². The molecule has 2 aromatic rings. The fraction of sp³-hybridized carbons (Fsp3) is 0.0909. The average Bonchev–Trinajstić information content (AvgIpc) is 2.64. The molecule has 1 aromatic heterocycles. The Morgan fingerprint density at radius 2 is 2.12 bits per heavy atom. The van der Waals surface area contributed by atoms with Crippen molar-refractivity contribution in [2.75, 3.05) is 0 Å². The molecule has 2 N–H and O–H groups in total. The summed E-state index contributed by atoms with van der Waals surface area (Å²) >= 11 is 11.9. The number of H-pyrrole nitrogens is 1. The highest BCUT2D eigenvalue weighted by Gasteiger charge is 2.16. The summed E-state index contributed by atoms with van der Waals surface area (Å²) in [6.07, 6.45) is 0. The van der Waals surface area contributed by atoms with E-state index in [9.17, 15) is 4.79 Å². The summed E-state index contributed by atoms with van der Waals surface area (Å²) in [7, 11) is 0. The van der Waals surface area contributed by atoms with Crippen LogP contribution in [-0.4, -0.2) is 21.0 Å². The van der Waals surface area contributed by atoms with Crippen LogP contribution in [0.4, 0.5) is 0 Å². The van der Waals surface area contributed by atoms with Gasteiger partial charge in [0.2, 0.25) is 0 Å². The molecular formula is C11H8Cl2N2O2. The Morgan fingerprint density at radius 1 is 1.41 bits per heavy atom. The zero-order valence-electron chi connectivity index (χ0n) is 8.79. The number of halogens is 2. The Hall–Kier alpha value is -1.52. The van der Waals surface area contributed by atoms with Crippen LogP contribution in [0.3, 0.4) is 0 Å². The van der Waals surface area contributed by atoms with Crippen LogP contribution in [0.25, 0.3) is 11.4 Å². The number of carboxylic acids is 1. The fourth-order valence-corrected chi connectivity index (χ4v) is 1.85. The predicted octanol–water partition coefficient (Wildman–Crippen LogP) is 3.39. The Balaban J connectivity index is 2.57. The van der Waals surface area contributed by atoms with Gasteiger partial charge in [-0.05, 0) is 25.1 Å². The molecule has 0 atom stereocenters. The van der Waals surface area contributed by atoms with Crippen molar-refractivity contribution in [3.05, 3.63) is 39.6 Å². The van der Waals surface area contributed by atoms with Gasteiger partial charge in [-0.25, -0.2) is 9.78 Å². The standard InChI is InChI=1S/C11H8Cl2N2O2/c1-5-9(11(16)17)15-10(14-5)7-4-6(12)2-3-8(7)13/h2-4H,1H3,(H,14,15)(H,16,17). The maximum atomic E-state index is 10.9. The van der Waals surface area contributed by atoms with Crippen molar-refractivity contribution < 1.29 is 9.90 Å². The number of aryl methyl sites for hydroxylation is 1. The van der Waals surface area contributed by atoms with Crippen LogP contribution < -0.4 is 0 Å². The summed E-state index contributed by atoms with van der Waals surface area (Å²) in [5.41, 5.74) is 1.04. The molecule has 0 aliphatic rings. The van der Waals surface area contributed by atoms with E-state index in [0.29, 0.717) is 27.1 Å². The Kier molecular flexibility index (Phi) is 3.09. The molecule has 4 nitrogen and oxygen atoms in total. The number of carbonyl (C=O) groups is 1. The molecule has 6 heteroatoms. The van der Waals surface area contributed by atoms with E-state index in [0.717, 1.165) is 0 Å². The topological polar surface area (TPSA) is 66.0 Å². The molecule has 1 heterocycles. The molecular weight excluding hydrogens is 263 g/mol. The molecule has 88 valence electrons. The molecule has 2 rings (SSSR count). The van der Waals surface area contributed by atoms with Gasteiger partial charge in [0.25, 0.3) is 0 Å². The van der Waals surface area contributed by atoms with Gasteiger partial charge >= 0.3 is 5.97 Å². The largest absolute Gasteiger partial charge is 0.476 e. The zero-order valence-corrected chi connectivity index (χ0v) is 10.3. The summed E-state index contributed by atoms with van der Waals surface area (Å²) in [5, 5.41) is 9.88. The molecule has 0 saturated heterocycles. The van der Waals surface area contributed by atoms with Crippen LogP contribution in [-0.2, 0) is 0 Å². The van der Waals surface area contributed by atoms with Crippen molar-refractivity contribution in [3.8, 4) is 11.4 Å². The average molecular weight is 271 g/mol. The van der Waals surface area contributed by atoms with Gasteiger partial charge in [-0.15, -0.1) is 0 Å². The highest BCUT2D eigenvalue weighted by Crippen LogP contribution is 2.29. The minimum Gasteiger partial charge on any atom is -0.476 e. The minimum absolute atomic E-state index is 0.0176. The van der Waals surface area contributed by atoms with Gasteiger partial charge in [0.15, 0.2) is 5.69 Å². The van der Waals surface area contributed by atoms with Gasteiger partial charge in [0, 0.05) is 16.3 Å². The lowest BCUT2D eigenvalue weighted by Gasteiger charge is -2.00. The third-order valence-corrected chi connectivity index (χ3v) is 2.84. The summed E-state index contributed by atoms with van der Waals surface area (Å²) in [6.45, 7) is 1.64. The number of nitrogens with zero attached hydrogens (tertiary/aromatic N) is 1. The third-order valence-electron chi connectivity index (χ3n) is 2.27. The molecule has 0 unspecified atom stereocenters. The normalized spacial score (nSPS) is 10.5. The first-order valence-electron chi connectivity index (χ1n) is 4.74. The van der Waals surface area contributed by atoms with Crippen molar-refractivity contribution >= 4 is 29.2 Å². The zero-order chi connectivity index (χ0) is 12.6. The van der Waals surface area contributed by atoms with Crippen LogP contribution in [0.5, 0.6) is 0 Å². The number of hydrogen-bond acceptors (Lipinski definition) is 2. The highest BCUT2D eigenvalue weighted by molar-refractivity contribution is 6.35. The van der Waals surface area contributed by atoms with Crippen molar-refractivity contribution in [3.63, 3.8) is 0 Å². The second-order valence-corrected chi connectivity index (χ2v) is 4.33. The first-order chi connectivity index (χ1) is 7.99. The Labute approximate surface area is 107 Å². The van der Waals surface area contributed by atoms with Gasteiger partial charge in [0.1, 0.15) is 5.82 Å². The second-order valence-electron chi connectivity index (χ2n) is 3.49. The molecule has 0 saturated carbocycles. The molecule has 0 bridgehead atoms. The lowest BCUT2D eigenvalue weighted by Crippen LogP contribution is -1.98. The number of carboxylic acid groups (broad SMARTS) is 1. The van der Waals surface area contributed by atoms with Crippen LogP contribution >= 0.6 is 23.2 Å². The molecule has 0 aliphatic carbocycles. The van der Waals surface area contributed by atoms with Crippen molar-refractivity contribution in [1.82, 2.24) is 9.97 Å². The van der Waals surface area contributed by atoms with E-state index in [1.54, 1.807) is 25.1 Å². The lowest BCUT2D eigenvalue weighted by atomic mass is 10.2. The molecule has 0 amide bonds. The monoisotopic (exact) mass is 270 g/mol. The molecule has 17 heavy (non-hydrogen) atoms. The number of nitrogens with one attached hydrogen (secondary N) is 1. The van der Waals surface area contributed by atoms with Crippen molar-refractivity contribution in [1.29, 1.82) is 0 Å². The molecule has 0 aliphatic heterocycles. The predicted molar refractivity (Wildman–Crippen MR) is 65.7 cm³/mol. The third kappa shape index (κ3) is 2.28. The van der Waals surface area contributed by atoms with Crippen LogP contribution in [0.15, 0.2) is 18.2 Å². The van der Waals surface area contributed by atoms with E-state index in [1.165, 1.54) is 0 Å². The van der Waals surface area contributed by atoms with E-state index in [2.05, 4.69) is 9.97 Å². The van der Waals surface area contributed by atoms with Crippen molar-refractivity contribution in [2.24, 2.45) is 0 Å². The second kappa shape index (κ2) is 4.39. The van der Waals surface area contributed by atoms with E-state index >= 15 is 0 Å². The number of hydrogen-bond donors (Lipinski definition) is 2. The van der Waals surface area contributed by atoms with E-state index in [1.807, 2.05) is 0 Å². The Bertz CT molecular complexity index is 593. The molecule has 1 aromatic carbocycles. The number of imidazole rings is 1. The first-order valence-corrected chi connectivity index (χ1v) is 5.50. The van der Waals surface area contributed by atoms with Crippen LogP contribution in [0, 0.1) is 6.92 Å². The maximum absolute atomic E-state index is 10.9. The quantitative estimate of drug-likeness (QED) is 0.879. The SMILES string of the molecule is Cc1[nH]c(-c2cc(Cl)ccc2Cl)nc1C(=O)O. The number of aromatic carboxylic acids is 1. The molecule has 0 spiro atoms. The molecule has 0 fully saturated rings. The maximum Gasteiger partial charge on any atom is 0.356 e. The number of aromatic nitrogens is 2. The number of benzene rings is 1. The Morgan fingerprint density at radius 3 is 2.71 bits per heavy atom. The first kappa shape index (κ1) is 12.0. The van der Waals surface area contributed by atoms with E-state index < -0.39 is 5.97 Å². The van der Waals surface area contributed by atoms with Gasteiger partial charge in [-0.1, -0.05) is 23.2 Å². The van der Waals surface area contributed by atoms with E-state index in [-0.39, 0.29) is 5.69 Å². The van der Waals surface area contributed by atoms with Gasteiger partial charge in [0.05, 0.1) is 5.02 Å². The summed E-state index contributed by atoms with van der Waals surface area (Å²) in [6, 6.07) is 4.92. The lowest BCUT2D eigenvalue weighted by molar-refractivity contribution is 0.0690. The van der Waals surface area contributed by atoms with Gasteiger partial charge in [-0.3, -0.25) is 0 Å². The summed E-state index contributed by atoms with van der Waals surface area (Å²) in [4.78, 5) is 17.7. The summed E-state index contributed by atoms with van der Waals surface area (Å²) < 4.78 is 0. The smallest absolute Gasteiger partial charge is 0.356 e. The highest BCUT2D eigenvalue weighted by atomic mass is 35.5. The van der Waals surface area contributed by atoms with Crippen LogP contribution in [0.1, 0.15) is 16.2 Å². The fourth-order valence-electron chi connectivity index (χ4n) is 1.48. The molecule has 0 radical (unpaired) electrons. The van der Waals surface area contributed by atoms with Crippen LogP contribution in [0.2, 0.25) is 10.0 Å². The number of aromatic amines is 1.